The monoisotopic (exact) mass is 355 g/mol. The molecule has 2 aliphatic heterocycles. The Morgan fingerprint density at radius 3 is 2.19 bits per heavy atom. The van der Waals surface area contributed by atoms with Crippen LogP contribution in [0.5, 0.6) is 0 Å². The first-order chi connectivity index (χ1) is 12.5. The Kier molecular flexibility index (Phi) is 5.29. The number of anilines is 1. The van der Waals surface area contributed by atoms with Crippen molar-refractivity contribution in [1.29, 1.82) is 0 Å². The minimum Gasteiger partial charge on any atom is -0.369 e. The van der Waals surface area contributed by atoms with Crippen LogP contribution in [0.25, 0.3) is 0 Å². The van der Waals surface area contributed by atoms with Crippen molar-refractivity contribution >= 4 is 5.69 Å². The van der Waals surface area contributed by atoms with Crippen LogP contribution < -0.4 is 4.90 Å². The van der Waals surface area contributed by atoms with Crippen LogP contribution >= 0.6 is 0 Å². The smallest absolute Gasteiger partial charge is 0.0367 e. The molecule has 1 unspecified atom stereocenters. The Morgan fingerprint density at radius 1 is 0.885 bits per heavy atom. The number of piperazine rings is 1. The number of piperidine rings is 1. The lowest BCUT2D eigenvalue weighted by Gasteiger charge is -2.40. The quantitative estimate of drug-likeness (QED) is 0.809. The van der Waals surface area contributed by atoms with Crippen molar-refractivity contribution in [3.05, 3.63) is 29.8 Å². The summed E-state index contributed by atoms with van der Waals surface area (Å²) < 4.78 is 0. The molecule has 0 amide bonds. The van der Waals surface area contributed by atoms with Crippen molar-refractivity contribution in [3.63, 3.8) is 0 Å². The van der Waals surface area contributed by atoms with Gasteiger partial charge in [-0.05, 0) is 61.3 Å². The fraction of sp³-hybridized carbons (Fsp3) is 0.739. The summed E-state index contributed by atoms with van der Waals surface area (Å²) in [5, 5.41) is 0. The Balaban J connectivity index is 1.26. The fourth-order valence-electron chi connectivity index (χ4n) is 4.74. The molecule has 0 spiro atoms. The second kappa shape index (κ2) is 7.52. The fourth-order valence-corrected chi connectivity index (χ4v) is 4.74. The average Bonchev–Trinajstić information content (AvgIpc) is 3.47. The summed E-state index contributed by atoms with van der Waals surface area (Å²) in [6.45, 7) is 15.7. The largest absolute Gasteiger partial charge is 0.369 e. The molecule has 1 aliphatic carbocycles. The van der Waals surface area contributed by atoms with E-state index in [4.69, 9.17) is 0 Å². The molecular weight excluding hydrogens is 318 g/mol. The zero-order valence-corrected chi connectivity index (χ0v) is 17.1. The topological polar surface area (TPSA) is 9.72 Å². The van der Waals surface area contributed by atoms with Gasteiger partial charge in [0, 0.05) is 51.0 Å². The van der Waals surface area contributed by atoms with Crippen LogP contribution in [0, 0.1) is 5.92 Å². The molecule has 0 radical (unpaired) electrons. The lowest BCUT2D eigenvalue weighted by Crippen LogP contribution is -2.49. The molecule has 1 saturated carbocycles. The third kappa shape index (κ3) is 4.43. The molecule has 1 aromatic rings. The lowest BCUT2D eigenvalue weighted by molar-refractivity contribution is 0.124. The Hall–Kier alpha value is -1.06. The molecule has 2 heterocycles. The maximum atomic E-state index is 2.78. The van der Waals surface area contributed by atoms with Crippen molar-refractivity contribution in [3.8, 4) is 0 Å². The maximum absolute atomic E-state index is 2.78. The number of hydrogen-bond donors (Lipinski definition) is 0. The van der Waals surface area contributed by atoms with E-state index in [1.165, 1.54) is 82.7 Å². The van der Waals surface area contributed by atoms with Crippen LogP contribution in [0.15, 0.2) is 24.3 Å². The van der Waals surface area contributed by atoms with Crippen LogP contribution in [0.4, 0.5) is 5.69 Å². The van der Waals surface area contributed by atoms with E-state index in [9.17, 15) is 0 Å². The third-order valence-electron chi connectivity index (χ3n) is 6.60. The van der Waals surface area contributed by atoms with Gasteiger partial charge in [-0.25, -0.2) is 0 Å². The van der Waals surface area contributed by atoms with Gasteiger partial charge in [0.15, 0.2) is 0 Å². The predicted molar refractivity (Wildman–Crippen MR) is 111 cm³/mol. The Bertz CT molecular complexity index is 576. The second-order valence-electron chi connectivity index (χ2n) is 9.82. The zero-order valence-electron chi connectivity index (χ0n) is 17.1. The number of rotatable bonds is 4. The second-order valence-corrected chi connectivity index (χ2v) is 9.82. The van der Waals surface area contributed by atoms with Gasteiger partial charge in [0.25, 0.3) is 0 Å². The van der Waals surface area contributed by atoms with E-state index in [0.717, 1.165) is 12.0 Å². The first kappa shape index (κ1) is 18.3. The molecule has 1 atom stereocenters. The first-order valence-corrected chi connectivity index (χ1v) is 10.8. The Morgan fingerprint density at radius 2 is 1.58 bits per heavy atom. The Labute approximate surface area is 160 Å². The standard InChI is InChI=1S/C23H37N3/c1-23(2,3)20-6-8-21(9-7-20)25-15-13-24(14-16-25)17-19-5-4-12-26(18-19)22-10-11-22/h6-9,19,22H,4-5,10-18H2,1-3H3. The maximum Gasteiger partial charge on any atom is 0.0367 e. The van der Waals surface area contributed by atoms with Gasteiger partial charge < -0.3 is 9.80 Å². The number of nitrogens with zero attached hydrogens (tertiary/aromatic N) is 3. The summed E-state index contributed by atoms with van der Waals surface area (Å²) in [6.07, 6.45) is 5.78. The molecule has 26 heavy (non-hydrogen) atoms. The van der Waals surface area contributed by atoms with Crippen LogP contribution in [0.2, 0.25) is 0 Å². The van der Waals surface area contributed by atoms with Crippen molar-refractivity contribution in [2.24, 2.45) is 5.92 Å². The van der Waals surface area contributed by atoms with Gasteiger partial charge in [-0.2, -0.15) is 0 Å². The van der Waals surface area contributed by atoms with E-state index in [1.807, 2.05) is 0 Å². The predicted octanol–water partition coefficient (Wildman–Crippen LogP) is 3.98. The van der Waals surface area contributed by atoms with Crippen molar-refractivity contribution in [1.82, 2.24) is 9.80 Å². The van der Waals surface area contributed by atoms with E-state index >= 15 is 0 Å². The summed E-state index contributed by atoms with van der Waals surface area (Å²) in [4.78, 5) is 8.07. The van der Waals surface area contributed by atoms with E-state index in [-0.39, 0.29) is 5.41 Å². The summed E-state index contributed by atoms with van der Waals surface area (Å²) in [7, 11) is 0. The minimum absolute atomic E-state index is 0.242. The van der Waals surface area contributed by atoms with Gasteiger partial charge in [0.1, 0.15) is 0 Å². The van der Waals surface area contributed by atoms with E-state index < -0.39 is 0 Å². The number of benzene rings is 1. The SMILES string of the molecule is CC(C)(C)c1ccc(N2CCN(CC3CCCN(C4CC4)C3)CC2)cc1. The van der Waals surface area contributed by atoms with E-state index in [1.54, 1.807) is 0 Å². The van der Waals surface area contributed by atoms with Gasteiger partial charge in [-0.3, -0.25) is 4.90 Å². The summed E-state index contributed by atoms with van der Waals surface area (Å²) >= 11 is 0. The van der Waals surface area contributed by atoms with Crippen molar-refractivity contribution in [2.45, 2.75) is 57.9 Å². The van der Waals surface area contributed by atoms with Crippen molar-refractivity contribution < 1.29 is 0 Å². The van der Waals surface area contributed by atoms with Gasteiger partial charge in [-0.15, -0.1) is 0 Å². The summed E-state index contributed by atoms with van der Waals surface area (Å²) in [5.74, 6) is 0.905. The molecule has 3 heteroatoms. The molecular formula is C23H37N3. The van der Waals surface area contributed by atoms with Gasteiger partial charge in [0.05, 0.1) is 0 Å². The summed E-state index contributed by atoms with van der Waals surface area (Å²) in [6, 6.07) is 10.2. The number of likely N-dealkylation sites (tertiary alicyclic amines) is 1. The van der Waals surface area contributed by atoms with Crippen LogP contribution in [-0.4, -0.2) is 61.7 Å². The molecule has 3 nitrogen and oxygen atoms in total. The highest BCUT2D eigenvalue weighted by atomic mass is 15.3. The molecule has 144 valence electrons. The van der Waals surface area contributed by atoms with Crippen molar-refractivity contribution in [2.75, 3.05) is 50.7 Å². The van der Waals surface area contributed by atoms with Gasteiger partial charge in [-0.1, -0.05) is 32.9 Å². The molecule has 1 aromatic carbocycles. The van der Waals surface area contributed by atoms with Gasteiger partial charge in [0.2, 0.25) is 0 Å². The lowest BCUT2D eigenvalue weighted by atomic mass is 9.87. The first-order valence-electron chi connectivity index (χ1n) is 10.8. The van der Waals surface area contributed by atoms with Crippen LogP contribution in [0.1, 0.15) is 52.0 Å². The highest BCUT2D eigenvalue weighted by Crippen LogP contribution is 2.31. The molecule has 4 rings (SSSR count). The highest BCUT2D eigenvalue weighted by molar-refractivity contribution is 5.49. The third-order valence-corrected chi connectivity index (χ3v) is 6.60. The molecule has 0 aromatic heterocycles. The molecule has 0 bridgehead atoms. The molecule has 2 saturated heterocycles. The van der Waals surface area contributed by atoms with Gasteiger partial charge >= 0.3 is 0 Å². The zero-order chi connectivity index (χ0) is 18.1. The number of hydrogen-bond acceptors (Lipinski definition) is 3. The van der Waals surface area contributed by atoms with Crippen LogP contribution in [0.3, 0.4) is 0 Å². The van der Waals surface area contributed by atoms with E-state index in [2.05, 4.69) is 59.7 Å². The van der Waals surface area contributed by atoms with E-state index in [0.29, 0.717) is 0 Å². The highest BCUT2D eigenvalue weighted by Gasteiger charge is 2.33. The normalized spacial score (nSPS) is 26.3. The van der Waals surface area contributed by atoms with Crippen LogP contribution in [-0.2, 0) is 5.41 Å². The minimum atomic E-state index is 0.242. The average molecular weight is 356 g/mol. The molecule has 0 N–H and O–H groups in total. The molecule has 3 fully saturated rings. The summed E-state index contributed by atoms with van der Waals surface area (Å²) in [5.41, 5.74) is 3.07. The molecule has 3 aliphatic rings.